The first-order chi connectivity index (χ1) is 6.56. The van der Waals surface area contributed by atoms with Crippen LogP contribution in [0.3, 0.4) is 0 Å². The fourth-order valence-corrected chi connectivity index (χ4v) is 0.657. The molecule has 1 aliphatic rings. The van der Waals surface area contributed by atoms with Gasteiger partial charge in [-0.3, -0.25) is 0 Å². The van der Waals surface area contributed by atoms with Crippen LogP contribution in [0.2, 0.25) is 0 Å². The third-order valence-corrected chi connectivity index (χ3v) is 1.22. The van der Waals surface area contributed by atoms with E-state index in [0.717, 1.165) is 13.2 Å². The third kappa shape index (κ3) is 17.4. The second kappa shape index (κ2) is 11.2. The van der Waals surface area contributed by atoms with Gasteiger partial charge in [-0.1, -0.05) is 6.92 Å². The molecular formula is C6H13NaO7S. The van der Waals surface area contributed by atoms with Crippen molar-refractivity contribution in [1.29, 1.82) is 0 Å². The van der Waals surface area contributed by atoms with Gasteiger partial charge in [0.25, 0.3) is 0 Å². The van der Waals surface area contributed by atoms with Crippen molar-refractivity contribution in [3.63, 3.8) is 0 Å². The summed E-state index contributed by atoms with van der Waals surface area (Å²) >= 11 is 0. The maximum atomic E-state index is 9.60. The summed E-state index contributed by atoms with van der Waals surface area (Å²) in [6.07, 6.45) is 0.593. The van der Waals surface area contributed by atoms with Crippen molar-refractivity contribution in [2.45, 2.75) is 13.3 Å². The van der Waals surface area contributed by atoms with E-state index in [-0.39, 0.29) is 36.2 Å². The van der Waals surface area contributed by atoms with E-state index in [1.807, 2.05) is 0 Å². The molecule has 0 atom stereocenters. The maximum absolute atomic E-state index is 9.60. The molecule has 0 amide bonds. The van der Waals surface area contributed by atoms with E-state index < -0.39 is 10.4 Å². The van der Waals surface area contributed by atoms with Gasteiger partial charge in [-0.15, -0.1) is 4.33 Å². The molecule has 7 nitrogen and oxygen atoms in total. The quantitative estimate of drug-likeness (QED) is 0.130. The summed E-state index contributed by atoms with van der Waals surface area (Å²) in [6, 6.07) is 0. The summed E-state index contributed by atoms with van der Waals surface area (Å²) < 4.78 is 41.6. The fraction of sp³-hybridized carbons (Fsp3) is 1.00. The van der Waals surface area contributed by atoms with Crippen LogP contribution in [0.5, 0.6) is 0 Å². The Kier molecular flexibility index (Phi) is 13.6. The van der Waals surface area contributed by atoms with Crippen molar-refractivity contribution in [3.05, 3.63) is 0 Å². The summed E-state index contributed by atoms with van der Waals surface area (Å²) in [4.78, 5) is 3.95. The molecule has 1 rings (SSSR count). The Morgan fingerprint density at radius 1 is 1.33 bits per heavy atom. The SMILES string of the molecule is C1COCO1.CCCOOS(=O)(=O)[O-].[Na+]. The van der Waals surface area contributed by atoms with Crippen LogP contribution in [-0.4, -0.2) is 39.6 Å². The number of rotatable bonds is 4. The number of hydrogen-bond acceptors (Lipinski definition) is 7. The van der Waals surface area contributed by atoms with Crippen molar-refractivity contribution in [1.82, 2.24) is 0 Å². The summed E-state index contributed by atoms with van der Waals surface area (Å²) in [7, 11) is -4.67. The molecule has 0 N–H and O–H groups in total. The topological polar surface area (TPSA) is 94.1 Å². The van der Waals surface area contributed by atoms with Crippen LogP contribution in [0.15, 0.2) is 0 Å². The summed E-state index contributed by atoms with van der Waals surface area (Å²) in [5.41, 5.74) is 0. The normalized spacial score (nSPS) is 15.1. The Hall–Kier alpha value is 0.750. The zero-order valence-electron chi connectivity index (χ0n) is 8.80. The van der Waals surface area contributed by atoms with Crippen LogP contribution in [0.4, 0.5) is 0 Å². The molecule has 0 unspecified atom stereocenters. The molecule has 9 heteroatoms. The zero-order chi connectivity index (χ0) is 10.9. The van der Waals surface area contributed by atoms with Crippen LogP contribution in [-0.2, 0) is 29.1 Å². The Labute approximate surface area is 111 Å². The maximum Gasteiger partial charge on any atom is 1.00 e. The van der Waals surface area contributed by atoms with Crippen molar-refractivity contribution in [3.8, 4) is 0 Å². The molecule has 1 fully saturated rings. The molecule has 0 spiro atoms. The number of ether oxygens (including phenoxy) is 2. The molecule has 1 heterocycles. The predicted molar refractivity (Wildman–Crippen MR) is 43.8 cm³/mol. The van der Waals surface area contributed by atoms with Crippen LogP contribution < -0.4 is 29.6 Å². The first-order valence-corrected chi connectivity index (χ1v) is 5.32. The van der Waals surface area contributed by atoms with Crippen molar-refractivity contribution < 1.29 is 61.2 Å². The Bertz CT molecular complexity index is 206. The van der Waals surface area contributed by atoms with Gasteiger partial charge in [0.05, 0.1) is 19.8 Å². The van der Waals surface area contributed by atoms with Gasteiger partial charge in [-0.05, 0) is 6.42 Å². The van der Waals surface area contributed by atoms with Gasteiger partial charge in [0, 0.05) is 0 Å². The van der Waals surface area contributed by atoms with E-state index >= 15 is 0 Å². The standard InChI is InChI=1S/C3H8O5S.C3H6O2.Na/c1-2-3-7-8-9(4,5)6;1-2-5-3-4-1;/h2-3H2,1H3,(H,4,5,6);1-3H2;/q;;+1/p-1. The van der Waals surface area contributed by atoms with Crippen molar-refractivity contribution in [2.75, 3.05) is 26.6 Å². The molecule has 0 aromatic heterocycles. The van der Waals surface area contributed by atoms with Gasteiger partial charge >= 0.3 is 29.6 Å². The Morgan fingerprint density at radius 2 is 1.87 bits per heavy atom. The Balaban J connectivity index is 0. The predicted octanol–water partition coefficient (Wildman–Crippen LogP) is -3.20. The van der Waals surface area contributed by atoms with Gasteiger partial charge in [0.1, 0.15) is 6.79 Å². The largest absolute Gasteiger partial charge is 1.00 e. The minimum Gasteiger partial charge on any atom is -0.724 e. The second-order valence-corrected chi connectivity index (χ2v) is 3.19. The van der Waals surface area contributed by atoms with Crippen LogP contribution in [0.1, 0.15) is 13.3 Å². The van der Waals surface area contributed by atoms with E-state index in [4.69, 9.17) is 9.47 Å². The molecule has 0 radical (unpaired) electrons. The molecule has 0 aromatic rings. The molecule has 1 aliphatic heterocycles. The summed E-state index contributed by atoms with van der Waals surface area (Å²) in [5.74, 6) is 0. The van der Waals surface area contributed by atoms with E-state index in [2.05, 4.69) is 9.22 Å². The average Bonchev–Trinajstić information content (AvgIpc) is 2.59. The molecule has 1 saturated heterocycles. The summed E-state index contributed by atoms with van der Waals surface area (Å²) in [6.45, 7) is 3.91. The van der Waals surface area contributed by atoms with E-state index in [1.54, 1.807) is 6.92 Å². The molecule has 0 aliphatic carbocycles. The van der Waals surface area contributed by atoms with E-state index in [9.17, 15) is 13.0 Å². The van der Waals surface area contributed by atoms with Gasteiger partial charge < -0.3 is 14.0 Å². The molecular weight excluding hydrogens is 239 g/mol. The molecule has 86 valence electrons. The summed E-state index contributed by atoms with van der Waals surface area (Å²) in [5, 5.41) is 0. The Morgan fingerprint density at radius 3 is 2.13 bits per heavy atom. The first-order valence-electron chi connectivity index (χ1n) is 3.98. The third-order valence-electron chi connectivity index (χ3n) is 0.958. The first kappa shape index (κ1) is 18.1. The monoisotopic (exact) mass is 252 g/mol. The van der Waals surface area contributed by atoms with Crippen molar-refractivity contribution in [2.24, 2.45) is 0 Å². The molecule has 0 aromatic carbocycles. The molecule has 15 heavy (non-hydrogen) atoms. The minimum atomic E-state index is -4.67. The van der Waals surface area contributed by atoms with Gasteiger partial charge in [0.15, 0.2) is 0 Å². The number of hydrogen-bond donors (Lipinski definition) is 0. The van der Waals surface area contributed by atoms with Crippen LogP contribution in [0, 0.1) is 0 Å². The van der Waals surface area contributed by atoms with E-state index in [0.29, 0.717) is 13.2 Å². The minimum absolute atomic E-state index is 0. The zero-order valence-corrected chi connectivity index (χ0v) is 11.6. The van der Waals surface area contributed by atoms with Gasteiger partial charge in [-0.25, -0.2) is 13.3 Å². The fourth-order valence-electron chi connectivity index (χ4n) is 0.471. The van der Waals surface area contributed by atoms with Crippen molar-refractivity contribution >= 4 is 10.4 Å². The smallest absolute Gasteiger partial charge is 0.724 e. The second-order valence-electron chi connectivity index (χ2n) is 2.23. The van der Waals surface area contributed by atoms with Crippen LogP contribution in [0.25, 0.3) is 0 Å². The van der Waals surface area contributed by atoms with E-state index in [1.165, 1.54) is 0 Å². The molecule has 0 saturated carbocycles. The van der Waals surface area contributed by atoms with Gasteiger partial charge in [0.2, 0.25) is 10.4 Å². The average molecular weight is 252 g/mol. The van der Waals surface area contributed by atoms with Crippen LogP contribution >= 0.6 is 0 Å². The molecule has 0 bridgehead atoms. The van der Waals surface area contributed by atoms with Gasteiger partial charge in [-0.2, -0.15) is 0 Å².